The predicted octanol–water partition coefficient (Wildman–Crippen LogP) is 3.39. The molecule has 8 heteroatoms. The molecule has 2 heterocycles. The first-order valence-corrected chi connectivity index (χ1v) is 10.2. The maximum absolute atomic E-state index is 12.8. The van der Waals surface area contributed by atoms with Crippen LogP contribution in [0.3, 0.4) is 0 Å². The third-order valence-electron chi connectivity index (χ3n) is 3.45. The summed E-state index contributed by atoms with van der Waals surface area (Å²) >= 11 is 1.12. The molecule has 0 radical (unpaired) electrons. The Morgan fingerprint density at radius 1 is 1.29 bits per heavy atom. The lowest BCUT2D eigenvalue weighted by Crippen LogP contribution is -2.14. The molecule has 1 aromatic heterocycles. The third kappa shape index (κ3) is 2.27. The van der Waals surface area contributed by atoms with Crippen LogP contribution in [-0.4, -0.2) is 30.4 Å². The molecule has 21 heavy (non-hydrogen) atoms. The van der Waals surface area contributed by atoms with Gasteiger partial charge in [-0.25, -0.2) is 8.42 Å². The van der Waals surface area contributed by atoms with E-state index in [0.29, 0.717) is 11.3 Å². The molecule has 1 atom stereocenters. The van der Waals surface area contributed by atoms with Crippen LogP contribution >= 0.6 is 21.9 Å². The van der Waals surface area contributed by atoms with E-state index in [-0.39, 0.29) is 14.9 Å². The minimum atomic E-state index is -3.67. The van der Waals surface area contributed by atoms with E-state index in [4.69, 9.17) is 4.74 Å². The van der Waals surface area contributed by atoms with Gasteiger partial charge in [-0.2, -0.15) is 10.6 Å². The summed E-state index contributed by atoms with van der Waals surface area (Å²) in [5, 5.41) is 0.690. The molecule has 0 aliphatic carbocycles. The Morgan fingerprint density at radius 2 is 2.05 bits per heavy atom. The van der Waals surface area contributed by atoms with Crippen LogP contribution in [0.2, 0.25) is 0 Å². The van der Waals surface area contributed by atoms with E-state index in [1.807, 2.05) is 0 Å². The molecule has 0 saturated carbocycles. The molecule has 1 aliphatic heterocycles. The third-order valence-corrected chi connectivity index (χ3v) is 9.02. The first-order chi connectivity index (χ1) is 9.88. The van der Waals surface area contributed by atoms with Crippen molar-refractivity contribution in [3.63, 3.8) is 0 Å². The van der Waals surface area contributed by atoms with Crippen molar-refractivity contribution in [2.75, 3.05) is 12.9 Å². The molecule has 5 nitrogen and oxygen atoms in total. The van der Waals surface area contributed by atoms with Crippen LogP contribution in [0.5, 0.6) is 5.75 Å². The Balaban J connectivity index is 2.21. The van der Waals surface area contributed by atoms with Gasteiger partial charge in [0.15, 0.2) is 9.84 Å². The Kier molecular flexibility index (Phi) is 3.53. The van der Waals surface area contributed by atoms with E-state index >= 15 is 0 Å². The highest BCUT2D eigenvalue weighted by molar-refractivity contribution is 8.25. The molecule has 1 unspecified atom stereocenters. The molecule has 0 saturated heterocycles. The summed E-state index contributed by atoms with van der Waals surface area (Å²) in [7, 11) is -5.35. The summed E-state index contributed by atoms with van der Waals surface area (Å²) in [6.07, 6.45) is 0. The molecule has 0 bridgehead atoms. The number of hydrogen-bond acceptors (Lipinski definition) is 6. The Morgan fingerprint density at radius 3 is 2.67 bits per heavy atom. The quantitative estimate of drug-likeness (QED) is 0.890. The zero-order valence-corrected chi connectivity index (χ0v) is 13.5. The molecular weight excluding hydrogens is 332 g/mol. The van der Waals surface area contributed by atoms with E-state index in [1.54, 1.807) is 29.6 Å². The average molecular weight is 346 g/mol. The van der Waals surface area contributed by atoms with Gasteiger partial charge in [-0.05, 0) is 23.6 Å². The van der Waals surface area contributed by atoms with Crippen molar-refractivity contribution >= 4 is 31.8 Å². The number of hydrogen-bond donors (Lipinski definition) is 2. The van der Waals surface area contributed by atoms with Crippen molar-refractivity contribution in [1.82, 2.24) is 0 Å². The van der Waals surface area contributed by atoms with Crippen molar-refractivity contribution in [1.29, 1.82) is 0 Å². The van der Waals surface area contributed by atoms with Gasteiger partial charge >= 0.3 is 0 Å². The van der Waals surface area contributed by atoms with Crippen LogP contribution < -0.4 is 4.74 Å². The van der Waals surface area contributed by atoms with Gasteiger partial charge in [0.05, 0.1) is 17.8 Å². The minimum Gasteiger partial charge on any atom is -0.496 e. The van der Waals surface area contributed by atoms with Crippen molar-refractivity contribution in [2.45, 2.75) is 14.4 Å². The van der Waals surface area contributed by atoms with Crippen LogP contribution in [0.15, 0.2) is 44.8 Å². The van der Waals surface area contributed by atoms with E-state index < -0.39 is 25.7 Å². The molecule has 0 fully saturated rings. The molecule has 2 aromatic rings. The normalized spacial score (nSPS) is 21.8. The standard InChI is InChI=1S/C13H14O5S3/c1-18-9-4-2-5-10-13(9)11(8-20(10,14)15)21(16,17)12-6-3-7-19-12/h2-7,11,14-15H,8H2,1H3. The lowest BCUT2D eigenvalue weighted by Gasteiger charge is -2.27. The number of thiophene rings is 1. The van der Waals surface area contributed by atoms with E-state index in [0.717, 1.165) is 11.3 Å². The second kappa shape index (κ2) is 4.99. The molecule has 114 valence electrons. The summed E-state index contributed by atoms with van der Waals surface area (Å²) in [4.78, 5) is 0.270. The predicted molar refractivity (Wildman–Crippen MR) is 83.2 cm³/mol. The van der Waals surface area contributed by atoms with E-state index in [9.17, 15) is 17.5 Å². The molecule has 1 aromatic carbocycles. The maximum Gasteiger partial charge on any atom is 0.196 e. The monoisotopic (exact) mass is 346 g/mol. The minimum absolute atomic E-state index is 0.219. The molecule has 3 rings (SSSR count). The number of ether oxygens (including phenoxy) is 1. The van der Waals surface area contributed by atoms with Crippen LogP contribution in [0.4, 0.5) is 0 Å². The second-order valence-electron chi connectivity index (χ2n) is 4.67. The van der Waals surface area contributed by atoms with Gasteiger partial charge in [0.1, 0.15) is 15.2 Å². The molecular formula is C13H14O5S3. The highest BCUT2D eigenvalue weighted by atomic mass is 32.3. The van der Waals surface area contributed by atoms with Crippen LogP contribution in [-0.2, 0) is 9.84 Å². The largest absolute Gasteiger partial charge is 0.496 e. The fourth-order valence-corrected chi connectivity index (χ4v) is 8.12. The summed E-state index contributed by atoms with van der Waals surface area (Å²) < 4.78 is 51.4. The van der Waals surface area contributed by atoms with Crippen molar-refractivity contribution in [3.05, 3.63) is 41.3 Å². The fraction of sp³-hybridized carbons (Fsp3) is 0.231. The SMILES string of the molecule is COc1cccc2c1C(S(=O)(=O)c1cccs1)CS2(O)O. The number of benzene rings is 1. The topological polar surface area (TPSA) is 83.8 Å². The first kappa shape index (κ1) is 14.9. The van der Waals surface area contributed by atoms with Gasteiger partial charge in [-0.15, -0.1) is 11.3 Å². The highest BCUT2D eigenvalue weighted by Gasteiger charge is 2.45. The summed E-state index contributed by atoms with van der Waals surface area (Å²) in [5.74, 6) is 0.151. The average Bonchev–Trinajstić information content (AvgIpc) is 3.06. The van der Waals surface area contributed by atoms with Gasteiger partial charge in [-0.3, -0.25) is 9.11 Å². The number of rotatable bonds is 3. The fourth-order valence-electron chi connectivity index (χ4n) is 2.50. The van der Waals surface area contributed by atoms with Crippen LogP contribution in [0.1, 0.15) is 10.8 Å². The Labute approximate surface area is 128 Å². The molecule has 2 N–H and O–H groups in total. The van der Waals surface area contributed by atoms with Crippen molar-refractivity contribution < 1.29 is 22.3 Å². The van der Waals surface area contributed by atoms with Crippen molar-refractivity contribution in [2.24, 2.45) is 0 Å². The van der Waals surface area contributed by atoms with Gasteiger partial charge < -0.3 is 4.74 Å². The zero-order chi connectivity index (χ0) is 15.3. The lowest BCUT2D eigenvalue weighted by atomic mass is 10.1. The Bertz CT molecular complexity index is 765. The van der Waals surface area contributed by atoms with Gasteiger partial charge in [0.2, 0.25) is 0 Å². The Hall–Kier alpha value is -1.06. The molecule has 1 aliphatic rings. The summed E-state index contributed by atoms with van der Waals surface area (Å²) in [5.41, 5.74) is 0.369. The van der Waals surface area contributed by atoms with Gasteiger partial charge in [0.25, 0.3) is 0 Å². The maximum atomic E-state index is 12.8. The lowest BCUT2D eigenvalue weighted by molar-refractivity contribution is 0.408. The first-order valence-electron chi connectivity index (χ1n) is 6.08. The smallest absolute Gasteiger partial charge is 0.196 e. The molecule has 0 spiro atoms. The highest BCUT2D eigenvalue weighted by Crippen LogP contribution is 2.63. The van der Waals surface area contributed by atoms with E-state index in [1.165, 1.54) is 13.2 Å². The number of methoxy groups -OCH3 is 1. The second-order valence-corrected chi connectivity index (χ2v) is 10.1. The number of sulfone groups is 1. The van der Waals surface area contributed by atoms with Crippen LogP contribution in [0.25, 0.3) is 0 Å². The van der Waals surface area contributed by atoms with Crippen LogP contribution in [0, 0.1) is 0 Å². The van der Waals surface area contributed by atoms with Crippen molar-refractivity contribution in [3.8, 4) is 5.75 Å². The summed E-state index contributed by atoms with van der Waals surface area (Å²) in [6, 6.07) is 8.01. The summed E-state index contributed by atoms with van der Waals surface area (Å²) in [6.45, 7) is 0. The van der Waals surface area contributed by atoms with Gasteiger partial charge in [-0.1, -0.05) is 12.1 Å². The number of fused-ring (bicyclic) bond motifs is 1. The zero-order valence-electron chi connectivity index (χ0n) is 11.1. The molecule has 0 amide bonds. The van der Waals surface area contributed by atoms with E-state index in [2.05, 4.69) is 0 Å². The van der Waals surface area contributed by atoms with Gasteiger partial charge in [0, 0.05) is 5.56 Å².